The third-order valence-electron chi connectivity index (χ3n) is 4.76. The van der Waals surface area contributed by atoms with Gasteiger partial charge >= 0.3 is 0 Å². The van der Waals surface area contributed by atoms with Crippen LogP contribution in [0.5, 0.6) is 0 Å². The largest absolute Gasteiger partial charge is 0.336 e. The molecule has 2 aromatic carbocycles. The fraction of sp³-hybridized carbons (Fsp3) is 0.238. The number of nitrogens with zero attached hydrogens (tertiary/aromatic N) is 3. The van der Waals surface area contributed by atoms with Crippen molar-refractivity contribution >= 4 is 40.4 Å². The van der Waals surface area contributed by atoms with Crippen molar-refractivity contribution in [2.75, 3.05) is 26.2 Å². The monoisotopic (exact) mass is 431 g/mol. The summed E-state index contributed by atoms with van der Waals surface area (Å²) in [4.78, 5) is 21.6. The van der Waals surface area contributed by atoms with E-state index in [9.17, 15) is 4.79 Å². The number of rotatable bonds is 4. The predicted molar refractivity (Wildman–Crippen MR) is 115 cm³/mol. The molecule has 28 heavy (non-hydrogen) atoms. The van der Waals surface area contributed by atoms with Gasteiger partial charge in [-0.25, -0.2) is 4.98 Å². The third-order valence-corrected chi connectivity index (χ3v) is 6.19. The second-order valence-corrected chi connectivity index (χ2v) is 8.46. The van der Waals surface area contributed by atoms with Crippen molar-refractivity contribution in [2.45, 2.75) is 6.54 Å². The van der Waals surface area contributed by atoms with E-state index in [4.69, 9.17) is 28.2 Å². The molecule has 0 spiro atoms. The highest BCUT2D eigenvalue weighted by atomic mass is 35.5. The number of thiazole rings is 1. The summed E-state index contributed by atoms with van der Waals surface area (Å²) >= 11 is 13.6. The highest BCUT2D eigenvalue weighted by Gasteiger charge is 2.22. The first kappa shape index (κ1) is 19.4. The van der Waals surface area contributed by atoms with Gasteiger partial charge in [-0.3, -0.25) is 9.69 Å². The molecule has 4 rings (SSSR count). The molecule has 1 aliphatic heterocycles. The topological polar surface area (TPSA) is 36.4 Å². The van der Waals surface area contributed by atoms with E-state index in [1.165, 1.54) is 0 Å². The Hall–Kier alpha value is -1.92. The van der Waals surface area contributed by atoms with E-state index in [-0.39, 0.29) is 5.91 Å². The van der Waals surface area contributed by atoms with Crippen LogP contribution in [0, 0.1) is 0 Å². The van der Waals surface area contributed by atoms with Crippen LogP contribution in [-0.2, 0) is 6.54 Å². The first-order valence-corrected chi connectivity index (χ1v) is 10.7. The van der Waals surface area contributed by atoms with Crippen molar-refractivity contribution in [3.63, 3.8) is 0 Å². The van der Waals surface area contributed by atoms with E-state index in [2.05, 4.69) is 10.3 Å². The lowest BCUT2D eigenvalue weighted by Gasteiger charge is -2.34. The van der Waals surface area contributed by atoms with Gasteiger partial charge in [0.15, 0.2) is 0 Å². The molecular weight excluding hydrogens is 413 g/mol. The molecule has 0 aliphatic carbocycles. The average Bonchev–Trinajstić information content (AvgIpc) is 3.17. The fourth-order valence-electron chi connectivity index (χ4n) is 3.25. The minimum atomic E-state index is 0.0424. The van der Waals surface area contributed by atoms with Crippen molar-refractivity contribution in [3.05, 3.63) is 75.2 Å². The minimum absolute atomic E-state index is 0.0424. The molecule has 0 N–H and O–H groups in total. The van der Waals surface area contributed by atoms with Gasteiger partial charge in [0.2, 0.25) is 0 Å². The SMILES string of the molecule is O=C(c1cccc(Cl)c1)N1CCN(Cc2csc(-c3ccc(Cl)cc3)n2)CC1. The van der Waals surface area contributed by atoms with E-state index >= 15 is 0 Å². The van der Waals surface area contributed by atoms with Gasteiger partial charge in [-0.15, -0.1) is 11.3 Å². The number of hydrogen-bond acceptors (Lipinski definition) is 4. The number of carbonyl (C=O) groups excluding carboxylic acids is 1. The maximum Gasteiger partial charge on any atom is 0.253 e. The van der Waals surface area contributed by atoms with Crippen LogP contribution >= 0.6 is 34.5 Å². The van der Waals surface area contributed by atoms with Crippen molar-refractivity contribution in [2.24, 2.45) is 0 Å². The Labute approximate surface area is 178 Å². The van der Waals surface area contributed by atoms with Crippen LogP contribution in [-0.4, -0.2) is 46.9 Å². The number of benzene rings is 2. The van der Waals surface area contributed by atoms with Crippen molar-refractivity contribution in [1.29, 1.82) is 0 Å². The summed E-state index contributed by atoms with van der Waals surface area (Å²) in [6, 6.07) is 14.9. The van der Waals surface area contributed by atoms with E-state index in [0.29, 0.717) is 23.7 Å². The normalized spacial score (nSPS) is 15.0. The standard InChI is InChI=1S/C21H19Cl2N3OS/c22-17-6-4-15(5-7-17)20-24-19(14-28-20)13-25-8-10-26(11-9-25)21(27)16-2-1-3-18(23)12-16/h1-7,12,14H,8-11,13H2. The van der Waals surface area contributed by atoms with Crippen LogP contribution in [0.2, 0.25) is 10.0 Å². The van der Waals surface area contributed by atoms with Gasteiger partial charge in [0.25, 0.3) is 5.91 Å². The van der Waals surface area contributed by atoms with Crippen LogP contribution < -0.4 is 0 Å². The molecule has 2 heterocycles. The van der Waals surface area contributed by atoms with Gasteiger partial charge in [-0.2, -0.15) is 0 Å². The molecular formula is C21H19Cl2N3OS. The number of amides is 1. The first-order chi connectivity index (χ1) is 13.6. The molecule has 1 aliphatic rings. The fourth-order valence-corrected chi connectivity index (χ4v) is 4.38. The van der Waals surface area contributed by atoms with Gasteiger partial charge < -0.3 is 4.90 Å². The molecule has 1 aromatic heterocycles. The van der Waals surface area contributed by atoms with Gasteiger partial charge in [0.1, 0.15) is 5.01 Å². The van der Waals surface area contributed by atoms with Gasteiger partial charge in [-0.1, -0.05) is 41.4 Å². The van der Waals surface area contributed by atoms with E-state index in [0.717, 1.165) is 40.9 Å². The highest BCUT2D eigenvalue weighted by molar-refractivity contribution is 7.13. The third kappa shape index (κ3) is 4.55. The van der Waals surface area contributed by atoms with Crippen molar-refractivity contribution in [1.82, 2.24) is 14.8 Å². The zero-order valence-corrected chi connectivity index (χ0v) is 17.5. The number of hydrogen-bond donors (Lipinski definition) is 0. The number of carbonyl (C=O) groups is 1. The van der Waals surface area contributed by atoms with Gasteiger partial charge in [-0.05, 0) is 30.3 Å². The first-order valence-electron chi connectivity index (χ1n) is 9.06. The summed E-state index contributed by atoms with van der Waals surface area (Å²) in [7, 11) is 0. The Kier molecular flexibility index (Phi) is 5.97. The number of halogens is 2. The van der Waals surface area contributed by atoms with Gasteiger partial charge in [0, 0.05) is 59.3 Å². The molecule has 144 valence electrons. The molecule has 1 saturated heterocycles. The molecule has 3 aromatic rings. The average molecular weight is 432 g/mol. The van der Waals surface area contributed by atoms with Crippen LogP contribution in [0.3, 0.4) is 0 Å². The zero-order valence-electron chi connectivity index (χ0n) is 15.1. The van der Waals surface area contributed by atoms with Gasteiger partial charge in [0.05, 0.1) is 5.69 Å². The maximum atomic E-state index is 12.6. The summed E-state index contributed by atoms with van der Waals surface area (Å²) < 4.78 is 0. The summed E-state index contributed by atoms with van der Waals surface area (Å²) in [5, 5.41) is 4.42. The molecule has 0 radical (unpaired) electrons. The summed E-state index contributed by atoms with van der Waals surface area (Å²) in [6.45, 7) is 3.88. The summed E-state index contributed by atoms with van der Waals surface area (Å²) in [5.74, 6) is 0.0424. The Bertz CT molecular complexity index is 966. The lowest BCUT2D eigenvalue weighted by Crippen LogP contribution is -2.48. The van der Waals surface area contributed by atoms with Crippen LogP contribution in [0.4, 0.5) is 0 Å². The maximum absolute atomic E-state index is 12.6. The highest BCUT2D eigenvalue weighted by Crippen LogP contribution is 2.26. The number of piperazine rings is 1. The molecule has 0 saturated carbocycles. The molecule has 4 nitrogen and oxygen atoms in total. The zero-order chi connectivity index (χ0) is 19.5. The number of aromatic nitrogens is 1. The van der Waals surface area contributed by atoms with Crippen LogP contribution in [0.1, 0.15) is 16.1 Å². The van der Waals surface area contributed by atoms with E-state index in [1.54, 1.807) is 23.5 Å². The molecule has 0 atom stereocenters. The second kappa shape index (κ2) is 8.62. The molecule has 1 fully saturated rings. The molecule has 0 bridgehead atoms. The molecule has 7 heteroatoms. The Morgan fingerprint density at radius 1 is 1.00 bits per heavy atom. The predicted octanol–water partition coefficient (Wildman–Crippen LogP) is 5.07. The summed E-state index contributed by atoms with van der Waals surface area (Å²) in [6.07, 6.45) is 0. The lowest BCUT2D eigenvalue weighted by molar-refractivity contribution is 0.0627. The van der Waals surface area contributed by atoms with Crippen LogP contribution in [0.25, 0.3) is 10.6 Å². The smallest absolute Gasteiger partial charge is 0.253 e. The van der Waals surface area contributed by atoms with E-state index < -0.39 is 0 Å². The quantitative estimate of drug-likeness (QED) is 0.577. The molecule has 0 unspecified atom stereocenters. The Morgan fingerprint density at radius 3 is 2.46 bits per heavy atom. The summed E-state index contributed by atoms with van der Waals surface area (Å²) in [5.41, 5.74) is 2.79. The van der Waals surface area contributed by atoms with Crippen LogP contribution in [0.15, 0.2) is 53.9 Å². The minimum Gasteiger partial charge on any atom is -0.336 e. The second-order valence-electron chi connectivity index (χ2n) is 6.73. The Morgan fingerprint density at radius 2 is 1.75 bits per heavy atom. The lowest BCUT2D eigenvalue weighted by atomic mass is 10.2. The van der Waals surface area contributed by atoms with Crippen molar-refractivity contribution in [3.8, 4) is 10.6 Å². The molecule has 1 amide bonds. The Balaban J connectivity index is 1.33. The van der Waals surface area contributed by atoms with E-state index in [1.807, 2.05) is 41.3 Å². The van der Waals surface area contributed by atoms with Crippen molar-refractivity contribution < 1.29 is 4.79 Å².